The van der Waals surface area contributed by atoms with E-state index in [0.717, 1.165) is 12.2 Å². The second-order valence-electron chi connectivity index (χ2n) is 3.81. The highest BCUT2D eigenvalue weighted by Gasteiger charge is 2.27. The van der Waals surface area contributed by atoms with Crippen LogP contribution in [0.15, 0.2) is 24.3 Å². The van der Waals surface area contributed by atoms with Crippen LogP contribution in [0.2, 0.25) is 0 Å². The molecule has 0 aliphatic carbocycles. The molecule has 82 valence electrons. The third-order valence-corrected chi connectivity index (χ3v) is 2.86. The summed E-state index contributed by atoms with van der Waals surface area (Å²) in [6, 6.07) is 7.99. The Morgan fingerprint density at radius 3 is 2.93 bits per heavy atom. The van der Waals surface area contributed by atoms with Gasteiger partial charge in [-0.15, -0.1) is 0 Å². The molecule has 3 heteroatoms. The highest BCUT2D eigenvalue weighted by molar-refractivity contribution is 5.36. The number of aliphatic hydroxyl groups is 1. The lowest BCUT2D eigenvalue weighted by Gasteiger charge is -2.12. The first-order valence-electron chi connectivity index (χ1n) is 5.20. The van der Waals surface area contributed by atoms with Crippen molar-refractivity contribution in [1.82, 2.24) is 0 Å². The smallest absolute Gasteiger partial charge is 0.122 e. The quantitative estimate of drug-likeness (QED) is 0.819. The number of hydrogen-bond donors (Lipinski definition) is 1. The lowest BCUT2D eigenvalue weighted by atomic mass is 9.95. The predicted octanol–water partition coefficient (Wildman–Crippen LogP) is 1.56. The minimum atomic E-state index is -0.0140. The first-order chi connectivity index (χ1) is 7.35. The highest BCUT2D eigenvalue weighted by atomic mass is 16.5. The molecule has 0 radical (unpaired) electrons. The lowest BCUT2D eigenvalue weighted by Crippen LogP contribution is -2.09. The molecule has 15 heavy (non-hydrogen) atoms. The van der Waals surface area contributed by atoms with E-state index in [1.807, 2.05) is 18.2 Å². The SMILES string of the molecule is COc1ccccc1[C@@H]1CO[C@@H](CO)C1. The molecule has 1 heterocycles. The van der Waals surface area contributed by atoms with Crippen molar-refractivity contribution in [2.45, 2.75) is 18.4 Å². The van der Waals surface area contributed by atoms with Gasteiger partial charge in [-0.1, -0.05) is 18.2 Å². The second-order valence-corrected chi connectivity index (χ2v) is 3.81. The molecule has 0 amide bonds. The van der Waals surface area contributed by atoms with Crippen LogP contribution in [0.3, 0.4) is 0 Å². The van der Waals surface area contributed by atoms with E-state index >= 15 is 0 Å². The molecule has 1 aromatic carbocycles. The Morgan fingerprint density at radius 1 is 1.47 bits per heavy atom. The van der Waals surface area contributed by atoms with E-state index in [1.165, 1.54) is 5.56 Å². The van der Waals surface area contributed by atoms with Crippen molar-refractivity contribution >= 4 is 0 Å². The first kappa shape index (κ1) is 10.5. The maximum Gasteiger partial charge on any atom is 0.122 e. The molecule has 0 bridgehead atoms. The summed E-state index contributed by atoms with van der Waals surface area (Å²) in [5.41, 5.74) is 1.18. The molecule has 3 nitrogen and oxygen atoms in total. The summed E-state index contributed by atoms with van der Waals surface area (Å²) in [4.78, 5) is 0. The fourth-order valence-corrected chi connectivity index (χ4v) is 2.05. The first-order valence-corrected chi connectivity index (χ1v) is 5.20. The number of methoxy groups -OCH3 is 1. The van der Waals surface area contributed by atoms with Crippen molar-refractivity contribution in [3.05, 3.63) is 29.8 Å². The van der Waals surface area contributed by atoms with Crippen LogP contribution in [-0.4, -0.2) is 31.5 Å². The fourth-order valence-electron chi connectivity index (χ4n) is 2.05. The zero-order valence-electron chi connectivity index (χ0n) is 8.85. The normalized spacial score (nSPS) is 25.5. The monoisotopic (exact) mass is 208 g/mol. The van der Waals surface area contributed by atoms with Gasteiger partial charge >= 0.3 is 0 Å². The molecule has 1 N–H and O–H groups in total. The van der Waals surface area contributed by atoms with Gasteiger partial charge in [0.05, 0.1) is 26.4 Å². The van der Waals surface area contributed by atoms with Crippen molar-refractivity contribution in [3.63, 3.8) is 0 Å². The van der Waals surface area contributed by atoms with Crippen LogP contribution in [0.5, 0.6) is 5.75 Å². The maximum absolute atomic E-state index is 9.00. The summed E-state index contributed by atoms with van der Waals surface area (Å²) in [5.74, 6) is 1.25. The third-order valence-electron chi connectivity index (χ3n) is 2.86. The van der Waals surface area contributed by atoms with E-state index in [0.29, 0.717) is 12.5 Å². The number of hydrogen-bond acceptors (Lipinski definition) is 3. The average Bonchev–Trinajstić information content (AvgIpc) is 2.77. The largest absolute Gasteiger partial charge is 0.496 e. The molecular formula is C12H16O3. The van der Waals surface area contributed by atoms with Crippen molar-refractivity contribution < 1.29 is 14.6 Å². The van der Waals surface area contributed by atoms with Gasteiger partial charge in [-0.3, -0.25) is 0 Å². The fraction of sp³-hybridized carbons (Fsp3) is 0.500. The molecular weight excluding hydrogens is 192 g/mol. The summed E-state index contributed by atoms with van der Waals surface area (Å²) in [6.07, 6.45) is 0.858. The van der Waals surface area contributed by atoms with Crippen molar-refractivity contribution in [1.29, 1.82) is 0 Å². The van der Waals surface area contributed by atoms with Crippen LogP contribution in [-0.2, 0) is 4.74 Å². The van der Waals surface area contributed by atoms with Gasteiger partial charge in [-0.25, -0.2) is 0 Å². The van der Waals surface area contributed by atoms with Gasteiger partial charge in [-0.2, -0.15) is 0 Å². The van der Waals surface area contributed by atoms with Crippen LogP contribution < -0.4 is 4.74 Å². The summed E-state index contributed by atoms with van der Waals surface area (Å²) >= 11 is 0. The van der Waals surface area contributed by atoms with Gasteiger partial charge in [0.15, 0.2) is 0 Å². The average molecular weight is 208 g/mol. The summed E-state index contributed by atoms with van der Waals surface area (Å²) in [5, 5.41) is 9.00. The number of benzene rings is 1. The predicted molar refractivity (Wildman–Crippen MR) is 57.2 cm³/mol. The Morgan fingerprint density at radius 2 is 2.27 bits per heavy atom. The van der Waals surface area contributed by atoms with Gasteiger partial charge in [-0.05, 0) is 18.1 Å². The molecule has 0 aromatic heterocycles. The van der Waals surface area contributed by atoms with E-state index in [-0.39, 0.29) is 12.7 Å². The molecule has 1 aromatic rings. The van der Waals surface area contributed by atoms with Gasteiger partial charge in [0.2, 0.25) is 0 Å². The Hall–Kier alpha value is -1.06. The Kier molecular flexibility index (Phi) is 3.23. The summed E-state index contributed by atoms with van der Waals surface area (Å²) in [6.45, 7) is 0.775. The highest BCUT2D eigenvalue weighted by Crippen LogP contribution is 2.34. The van der Waals surface area contributed by atoms with Gasteiger partial charge in [0, 0.05) is 5.92 Å². The minimum Gasteiger partial charge on any atom is -0.496 e. The molecule has 1 aliphatic rings. The van der Waals surface area contributed by atoms with Crippen molar-refractivity contribution in [2.24, 2.45) is 0 Å². The molecule has 2 rings (SSSR count). The van der Waals surface area contributed by atoms with Gasteiger partial charge in [0.1, 0.15) is 5.75 Å². The zero-order valence-corrected chi connectivity index (χ0v) is 8.85. The molecule has 1 fully saturated rings. The Labute approximate surface area is 89.6 Å². The number of ether oxygens (including phenoxy) is 2. The van der Waals surface area contributed by atoms with Crippen LogP contribution in [0.25, 0.3) is 0 Å². The van der Waals surface area contributed by atoms with Crippen molar-refractivity contribution in [3.8, 4) is 5.75 Å². The van der Waals surface area contributed by atoms with Crippen LogP contribution in [0.1, 0.15) is 17.9 Å². The van der Waals surface area contributed by atoms with E-state index in [4.69, 9.17) is 14.6 Å². The molecule has 1 aliphatic heterocycles. The molecule has 0 spiro atoms. The van der Waals surface area contributed by atoms with Crippen LogP contribution >= 0.6 is 0 Å². The Balaban J connectivity index is 2.16. The third kappa shape index (κ3) is 2.13. The lowest BCUT2D eigenvalue weighted by molar-refractivity contribution is 0.0584. The second kappa shape index (κ2) is 4.64. The van der Waals surface area contributed by atoms with Gasteiger partial charge in [0.25, 0.3) is 0 Å². The Bertz CT molecular complexity index is 324. The summed E-state index contributed by atoms with van der Waals surface area (Å²) in [7, 11) is 1.68. The number of rotatable bonds is 3. The summed E-state index contributed by atoms with van der Waals surface area (Å²) < 4.78 is 10.8. The molecule has 0 unspecified atom stereocenters. The minimum absolute atomic E-state index is 0.0140. The number of aliphatic hydroxyl groups excluding tert-OH is 1. The number of para-hydroxylation sites is 1. The molecule has 2 atom stereocenters. The van der Waals surface area contributed by atoms with E-state index in [2.05, 4.69) is 6.07 Å². The van der Waals surface area contributed by atoms with E-state index < -0.39 is 0 Å². The van der Waals surface area contributed by atoms with Crippen LogP contribution in [0.4, 0.5) is 0 Å². The zero-order chi connectivity index (χ0) is 10.7. The van der Waals surface area contributed by atoms with E-state index in [9.17, 15) is 0 Å². The van der Waals surface area contributed by atoms with Crippen molar-refractivity contribution in [2.75, 3.05) is 20.3 Å². The van der Waals surface area contributed by atoms with E-state index in [1.54, 1.807) is 7.11 Å². The molecule has 0 saturated carbocycles. The van der Waals surface area contributed by atoms with Crippen LogP contribution in [0, 0.1) is 0 Å². The van der Waals surface area contributed by atoms with Gasteiger partial charge < -0.3 is 14.6 Å². The maximum atomic E-state index is 9.00. The standard InChI is InChI=1S/C12H16O3/c1-14-12-5-3-2-4-11(12)9-6-10(7-13)15-8-9/h2-5,9-10,13H,6-8H2,1H3/t9-,10+/m0/s1. The molecule has 1 saturated heterocycles. The topological polar surface area (TPSA) is 38.7 Å².